The van der Waals surface area contributed by atoms with Crippen molar-refractivity contribution in [2.45, 2.75) is 39.8 Å². The van der Waals surface area contributed by atoms with Crippen LogP contribution in [0.4, 0.5) is 0 Å². The Morgan fingerprint density at radius 2 is 1.74 bits per heavy atom. The minimum Gasteiger partial charge on any atom is -0.459 e. The number of hydrogen-bond acceptors (Lipinski definition) is 3. The topological polar surface area (TPSA) is 45.5 Å². The number of benzene rings is 1. The Hall–Kier alpha value is -2.07. The maximum absolute atomic E-state index is 12.4. The molecule has 1 heterocycles. The van der Waals surface area contributed by atoms with Gasteiger partial charge in [0.1, 0.15) is 0 Å². The van der Waals surface area contributed by atoms with E-state index in [1.54, 1.807) is 6.26 Å². The van der Waals surface area contributed by atoms with E-state index < -0.39 is 0 Å². The number of amides is 1. The second kappa shape index (κ2) is 7.97. The molecule has 0 saturated carbocycles. The highest BCUT2D eigenvalue weighted by Crippen LogP contribution is 2.24. The summed E-state index contributed by atoms with van der Waals surface area (Å²) in [7, 11) is 0. The zero-order valence-electron chi connectivity index (χ0n) is 14.4. The fourth-order valence-electron chi connectivity index (χ4n) is 2.82. The van der Waals surface area contributed by atoms with Crippen molar-refractivity contribution in [3.63, 3.8) is 0 Å². The summed E-state index contributed by atoms with van der Waals surface area (Å²) in [6.45, 7) is 10.1. The van der Waals surface area contributed by atoms with Crippen molar-refractivity contribution in [3.8, 4) is 11.1 Å². The van der Waals surface area contributed by atoms with Gasteiger partial charge in [-0.15, -0.1) is 0 Å². The van der Waals surface area contributed by atoms with Crippen molar-refractivity contribution in [1.82, 2.24) is 10.2 Å². The van der Waals surface area contributed by atoms with E-state index in [0.717, 1.165) is 17.7 Å². The molecule has 0 unspecified atom stereocenters. The molecule has 1 N–H and O–H groups in total. The molecule has 0 saturated heterocycles. The summed E-state index contributed by atoms with van der Waals surface area (Å²) in [6.07, 6.45) is 1.56. The normalized spacial score (nSPS) is 11.4. The van der Waals surface area contributed by atoms with Crippen LogP contribution >= 0.6 is 0 Å². The lowest BCUT2D eigenvalue weighted by atomic mass is 10.1. The van der Waals surface area contributed by atoms with E-state index in [2.05, 4.69) is 37.9 Å². The molecular weight excluding hydrogens is 288 g/mol. The average molecular weight is 314 g/mol. The second-order valence-corrected chi connectivity index (χ2v) is 6.21. The molecule has 0 spiro atoms. The minimum absolute atomic E-state index is 0.165. The summed E-state index contributed by atoms with van der Waals surface area (Å²) >= 11 is 0. The molecule has 0 bridgehead atoms. The average Bonchev–Trinajstić information content (AvgIpc) is 3.01. The fourth-order valence-corrected chi connectivity index (χ4v) is 2.82. The van der Waals surface area contributed by atoms with Gasteiger partial charge in [-0.2, -0.15) is 0 Å². The molecule has 0 aliphatic carbocycles. The Bertz CT molecular complexity index is 609. The molecule has 4 heteroatoms. The summed E-state index contributed by atoms with van der Waals surface area (Å²) in [4.78, 5) is 14.7. The van der Waals surface area contributed by atoms with Crippen LogP contribution in [0.1, 0.15) is 38.2 Å². The standard InChI is InChI=1S/C19H26N2O2/c1-14(2)21(15(3)4)12-11-20-19(22)18-17(10-13-23-18)16-8-6-5-7-9-16/h5-10,13-15H,11-12H2,1-4H3,(H,20,22). The molecule has 1 aromatic carbocycles. The summed E-state index contributed by atoms with van der Waals surface area (Å²) in [6, 6.07) is 12.5. The lowest BCUT2D eigenvalue weighted by molar-refractivity contribution is 0.0913. The molecular formula is C19H26N2O2. The van der Waals surface area contributed by atoms with Gasteiger partial charge in [0.05, 0.1) is 6.26 Å². The minimum atomic E-state index is -0.165. The molecule has 0 fully saturated rings. The van der Waals surface area contributed by atoms with Crippen LogP contribution in [-0.2, 0) is 0 Å². The van der Waals surface area contributed by atoms with Crippen LogP contribution in [0.2, 0.25) is 0 Å². The Balaban J connectivity index is 1.99. The Morgan fingerprint density at radius 1 is 1.09 bits per heavy atom. The second-order valence-electron chi connectivity index (χ2n) is 6.21. The first kappa shape index (κ1) is 17.3. The van der Waals surface area contributed by atoms with Gasteiger partial charge in [0.15, 0.2) is 5.76 Å². The zero-order valence-corrected chi connectivity index (χ0v) is 14.4. The van der Waals surface area contributed by atoms with Gasteiger partial charge in [-0.1, -0.05) is 30.3 Å². The first-order valence-electron chi connectivity index (χ1n) is 8.17. The smallest absolute Gasteiger partial charge is 0.287 e. The molecule has 2 aromatic rings. The number of nitrogens with one attached hydrogen (secondary N) is 1. The van der Waals surface area contributed by atoms with Crippen LogP contribution in [0, 0.1) is 0 Å². The van der Waals surface area contributed by atoms with Gasteiger partial charge in [0.2, 0.25) is 0 Å². The Morgan fingerprint density at radius 3 is 2.35 bits per heavy atom. The zero-order chi connectivity index (χ0) is 16.8. The van der Waals surface area contributed by atoms with Crippen molar-refractivity contribution in [1.29, 1.82) is 0 Å². The number of hydrogen-bond donors (Lipinski definition) is 1. The molecule has 0 atom stereocenters. The molecule has 0 radical (unpaired) electrons. The van der Waals surface area contributed by atoms with Gasteiger partial charge in [0.25, 0.3) is 5.91 Å². The van der Waals surface area contributed by atoms with Crippen LogP contribution in [-0.4, -0.2) is 36.0 Å². The maximum atomic E-state index is 12.4. The highest BCUT2D eigenvalue weighted by atomic mass is 16.3. The molecule has 1 aromatic heterocycles. The van der Waals surface area contributed by atoms with E-state index in [1.165, 1.54) is 0 Å². The van der Waals surface area contributed by atoms with Crippen molar-refractivity contribution in [2.75, 3.05) is 13.1 Å². The lowest BCUT2D eigenvalue weighted by Crippen LogP contribution is -2.42. The van der Waals surface area contributed by atoms with E-state index in [9.17, 15) is 4.79 Å². The third-order valence-electron chi connectivity index (χ3n) is 3.94. The molecule has 0 aliphatic rings. The monoisotopic (exact) mass is 314 g/mol. The molecule has 2 rings (SSSR count). The molecule has 1 amide bonds. The van der Waals surface area contributed by atoms with Gasteiger partial charge in [-0.3, -0.25) is 9.69 Å². The van der Waals surface area contributed by atoms with Gasteiger partial charge in [-0.05, 0) is 39.3 Å². The van der Waals surface area contributed by atoms with E-state index in [1.807, 2.05) is 36.4 Å². The van der Waals surface area contributed by atoms with E-state index in [4.69, 9.17) is 4.42 Å². The van der Waals surface area contributed by atoms with Crippen LogP contribution in [0.3, 0.4) is 0 Å². The fraction of sp³-hybridized carbons (Fsp3) is 0.421. The van der Waals surface area contributed by atoms with Crippen molar-refractivity contribution in [3.05, 3.63) is 48.4 Å². The first-order valence-corrected chi connectivity index (χ1v) is 8.17. The SMILES string of the molecule is CC(C)N(CCNC(=O)c1occc1-c1ccccc1)C(C)C. The third kappa shape index (κ3) is 4.45. The van der Waals surface area contributed by atoms with Gasteiger partial charge >= 0.3 is 0 Å². The van der Waals surface area contributed by atoms with Gasteiger partial charge in [-0.25, -0.2) is 0 Å². The molecule has 23 heavy (non-hydrogen) atoms. The Labute approximate surface area is 138 Å². The van der Waals surface area contributed by atoms with Crippen molar-refractivity contribution >= 4 is 5.91 Å². The molecule has 0 aliphatic heterocycles. The highest BCUT2D eigenvalue weighted by molar-refractivity contribution is 5.98. The summed E-state index contributed by atoms with van der Waals surface area (Å²) in [5.74, 6) is 0.207. The van der Waals surface area contributed by atoms with E-state index in [0.29, 0.717) is 24.4 Å². The van der Waals surface area contributed by atoms with Gasteiger partial charge in [0, 0.05) is 30.7 Å². The van der Waals surface area contributed by atoms with Crippen LogP contribution in [0.25, 0.3) is 11.1 Å². The lowest BCUT2D eigenvalue weighted by Gasteiger charge is -2.30. The van der Waals surface area contributed by atoms with E-state index in [-0.39, 0.29) is 5.91 Å². The predicted octanol–water partition coefficient (Wildman–Crippen LogP) is 3.80. The first-order chi connectivity index (χ1) is 11.0. The summed E-state index contributed by atoms with van der Waals surface area (Å²) in [5.41, 5.74) is 1.81. The van der Waals surface area contributed by atoms with Crippen molar-refractivity contribution in [2.24, 2.45) is 0 Å². The number of carbonyl (C=O) groups is 1. The molecule has 124 valence electrons. The molecule has 4 nitrogen and oxygen atoms in total. The van der Waals surface area contributed by atoms with Crippen LogP contribution in [0.5, 0.6) is 0 Å². The number of carbonyl (C=O) groups excluding carboxylic acids is 1. The van der Waals surface area contributed by atoms with Crippen LogP contribution in [0.15, 0.2) is 47.1 Å². The Kier molecular flexibility index (Phi) is 5.99. The highest BCUT2D eigenvalue weighted by Gasteiger charge is 2.17. The predicted molar refractivity (Wildman–Crippen MR) is 93.5 cm³/mol. The maximum Gasteiger partial charge on any atom is 0.287 e. The number of rotatable bonds is 7. The quantitative estimate of drug-likeness (QED) is 0.845. The van der Waals surface area contributed by atoms with E-state index >= 15 is 0 Å². The van der Waals surface area contributed by atoms with Crippen molar-refractivity contribution < 1.29 is 9.21 Å². The number of furan rings is 1. The summed E-state index contributed by atoms with van der Waals surface area (Å²) in [5, 5.41) is 2.96. The largest absolute Gasteiger partial charge is 0.459 e. The summed E-state index contributed by atoms with van der Waals surface area (Å²) < 4.78 is 5.41. The third-order valence-corrected chi connectivity index (χ3v) is 3.94. The number of nitrogens with zero attached hydrogens (tertiary/aromatic N) is 1. The van der Waals surface area contributed by atoms with Gasteiger partial charge < -0.3 is 9.73 Å². The van der Waals surface area contributed by atoms with Crippen LogP contribution < -0.4 is 5.32 Å².